The highest BCUT2D eigenvalue weighted by molar-refractivity contribution is 7.15. The molecule has 1 N–H and O–H groups in total. The van der Waals surface area contributed by atoms with E-state index >= 15 is 0 Å². The van der Waals surface area contributed by atoms with Gasteiger partial charge in [0, 0.05) is 5.92 Å². The molecule has 4 nitrogen and oxygen atoms in total. The third-order valence-corrected chi connectivity index (χ3v) is 5.96. The quantitative estimate of drug-likeness (QED) is 0.617. The van der Waals surface area contributed by atoms with Crippen LogP contribution in [0, 0.1) is 18.3 Å². The Morgan fingerprint density at radius 3 is 2.29 bits per heavy atom. The monoisotopic (exact) mass is 389 g/mol. The fourth-order valence-electron chi connectivity index (χ4n) is 2.83. The number of hydrogen-bond acceptors (Lipinski definition) is 4. The molecule has 2 aromatic carbocycles. The molecule has 3 aromatic rings. The van der Waals surface area contributed by atoms with E-state index in [0.29, 0.717) is 11.3 Å². The van der Waals surface area contributed by atoms with E-state index in [0.717, 1.165) is 21.0 Å². The Kier molecular flexibility index (Phi) is 5.91. The number of hydrogen-bond donors (Lipinski definition) is 1. The number of nitriles is 1. The summed E-state index contributed by atoms with van der Waals surface area (Å²) >= 11 is 1.53. The van der Waals surface area contributed by atoms with E-state index in [1.807, 2.05) is 50.2 Å². The molecule has 5 heteroatoms. The maximum atomic E-state index is 13.0. The van der Waals surface area contributed by atoms with Crippen LogP contribution in [-0.2, 0) is 0 Å². The van der Waals surface area contributed by atoms with Gasteiger partial charge in [-0.2, -0.15) is 5.26 Å². The van der Waals surface area contributed by atoms with Crippen LogP contribution in [0.25, 0.3) is 10.4 Å². The number of aryl methyl sites for hydroxylation is 1. The molecule has 0 bridgehead atoms. The second-order valence-corrected chi connectivity index (χ2v) is 8.21. The van der Waals surface area contributed by atoms with Gasteiger partial charge in [0.25, 0.3) is 5.91 Å². The van der Waals surface area contributed by atoms with Gasteiger partial charge in [-0.05, 0) is 37.1 Å². The summed E-state index contributed by atoms with van der Waals surface area (Å²) in [6.07, 6.45) is 0. The van der Waals surface area contributed by atoms with Crippen molar-refractivity contribution >= 4 is 17.2 Å². The van der Waals surface area contributed by atoms with Crippen molar-refractivity contribution in [3.63, 3.8) is 0 Å². The second-order valence-electron chi connectivity index (χ2n) is 7.18. The van der Waals surface area contributed by atoms with Gasteiger partial charge in [0.05, 0.1) is 27.6 Å². The topological polar surface area (TPSA) is 65.8 Å². The summed E-state index contributed by atoms with van der Waals surface area (Å²) in [6, 6.07) is 17.4. The maximum absolute atomic E-state index is 13.0. The van der Waals surface area contributed by atoms with Gasteiger partial charge in [0.1, 0.15) is 5.69 Å². The smallest absolute Gasteiger partial charge is 0.271 e. The van der Waals surface area contributed by atoms with E-state index in [1.165, 1.54) is 16.9 Å². The van der Waals surface area contributed by atoms with Crippen molar-refractivity contribution in [2.45, 2.75) is 39.7 Å². The van der Waals surface area contributed by atoms with E-state index in [-0.39, 0.29) is 17.9 Å². The first-order valence-corrected chi connectivity index (χ1v) is 10.1. The summed E-state index contributed by atoms with van der Waals surface area (Å²) in [5.41, 5.74) is 4.18. The Labute approximate surface area is 169 Å². The molecule has 0 aliphatic rings. The van der Waals surface area contributed by atoms with Crippen LogP contribution in [-0.4, -0.2) is 10.9 Å². The summed E-state index contributed by atoms with van der Waals surface area (Å²) < 4.78 is 0. The molecule has 0 saturated carbocycles. The van der Waals surface area contributed by atoms with Crippen LogP contribution in [0.5, 0.6) is 0 Å². The minimum absolute atomic E-state index is 0.119. The SMILES string of the molecule is Cc1ccc(C(C)NC(=O)c2nc(C(C)C)sc2-c2ccc(C#N)cc2)cc1. The van der Waals surface area contributed by atoms with Gasteiger partial charge in [-0.15, -0.1) is 11.3 Å². The molecule has 1 heterocycles. The van der Waals surface area contributed by atoms with Crippen LogP contribution < -0.4 is 5.32 Å². The van der Waals surface area contributed by atoms with Crippen LogP contribution in [0.3, 0.4) is 0 Å². The number of nitrogens with one attached hydrogen (secondary N) is 1. The number of carbonyl (C=O) groups is 1. The molecular weight excluding hydrogens is 366 g/mol. The Balaban J connectivity index is 1.91. The maximum Gasteiger partial charge on any atom is 0.271 e. The summed E-state index contributed by atoms with van der Waals surface area (Å²) in [4.78, 5) is 18.5. The molecule has 1 aromatic heterocycles. The van der Waals surface area contributed by atoms with Gasteiger partial charge >= 0.3 is 0 Å². The molecule has 3 rings (SSSR count). The molecule has 0 aliphatic heterocycles. The number of benzene rings is 2. The molecular formula is C23H23N3OS. The molecule has 0 saturated heterocycles. The highest BCUT2D eigenvalue weighted by Crippen LogP contribution is 2.34. The third kappa shape index (κ3) is 4.29. The van der Waals surface area contributed by atoms with Crippen molar-refractivity contribution in [1.29, 1.82) is 5.26 Å². The lowest BCUT2D eigenvalue weighted by Crippen LogP contribution is -2.27. The van der Waals surface area contributed by atoms with E-state index in [9.17, 15) is 4.79 Å². The van der Waals surface area contributed by atoms with Crippen molar-refractivity contribution in [3.8, 4) is 16.5 Å². The van der Waals surface area contributed by atoms with Gasteiger partial charge in [-0.3, -0.25) is 4.79 Å². The molecule has 0 aliphatic carbocycles. The Hall–Kier alpha value is -2.97. The predicted octanol–water partition coefficient (Wildman–Crippen LogP) is 5.60. The number of nitrogens with zero attached hydrogens (tertiary/aromatic N) is 2. The number of aromatic nitrogens is 1. The normalized spacial score (nSPS) is 11.9. The van der Waals surface area contributed by atoms with Crippen molar-refractivity contribution in [2.24, 2.45) is 0 Å². The van der Waals surface area contributed by atoms with Gasteiger partial charge in [0.2, 0.25) is 0 Å². The number of amides is 1. The van der Waals surface area contributed by atoms with E-state index in [1.54, 1.807) is 12.1 Å². The van der Waals surface area contributed by atoms with E-state index in [2.05, 4.69) is 30.2 Å². The molecule has 142 valence electrons. The highest BCUT2D eigenvalue weighted by atomic mass is 32.1. The lowest BCUT2D eigenvalue weighted by atomic mass is 10.1. The summed E-state index contributed by atoms with van der Waals surface area (Å²) in [6.45, 7) is 8.15. The molecule has 1 atom stereocenters. The zero-order valence-corrected chi connectivity index (χ0v) is 17.3. The largest absolute Gasteiger partial charge is 0.344 e. The van der Waals surface area contributed by atoms with Crippen LogP contribution in [0.1, 0.15) is 64.9 Å². The number of carbonyl (C=O) groups excluding carboxylic acids is 1. The van der Waals surface area contributed by atoms with Crippen molar-refractivity contribution in [1.82, 2.24) is 10.3 Å². The molecule has 1 amide bonds. The van der Waals surface area contributed by atoms with Crippen LogP contribution in [0.15, 0.2) is 48.5 Å². The Morgan fingerprint density at radius 1 is 1.07 bits per heavy atom. The van der Waals surface area contributed by atoms with E-state index < -0.39 is 0 Å². The fraction of sp³-hybridized carbons (Fsp3) is 0.261. The van der Waals surface area contributed by atoms with Crippen molar-refractivity contribution < 1.29 is 4.79 Å². The zero-order chi connectivity index (χ0) is 20.3. The first-order chi connectivity index (χ1) is 13.4. The summed E-state index contributed by atoms with van der Waals surface area (Å²) in [5, 5.41) is 13.0. The second kappa shape index (κ2) is 8.37. The van der Waals surface area contributed by atoms with Gasteiger partial charge < -0.3 is 5.32 Å². The lowest BCUT2D eigenvalue weighted by Gasteiger charge is -2.14. The molecule has 28 heavy (non-hydrogen) atoms. The summed E-state index contributed by atoms with van der Waals surface area (Å²) in [5.74, 6) is 0.0498. The molecule has 0 radical (unpaired) electrons. The average Bonchev–Trinajstić information content (AvgIpc) is 3.14. The number of thiazole rings is 1. The predicted molar refractivity (Wildman–Crippen MR) is 113 cm³/mol. The third-order valence-electron chi connectivity index (χ3n) is 4.55. The van der Waals surface area contributed by atoms with Crippen molar-refractivity contribution in [2.75, 3.05) is 0 Å². The lowest BCUT2D eigenvalue weighted by molar-refractivity contribution is 0.0936. The van der Waals surface area contributed by atoms with Gasteiger partial charge in [-0.25, -0.2) is 4.98 Å². The fourth-order valence-corrected chi connectivity index (χ4v) is 3.90. The standard InChI is InChI=1S/C23H23N3OS/c1-14(2)23-26-20(21(28-23)19-11-7-17(13-24)8-12-19)22(27)25-16(4)18-9-5-15(3)6-10-18/h5-12,14,16H,1-4H3,(H,25,27). The van der Waals surface area contributed by atoms with E-state index in [4.69, 9.17) is 5.26 Å². The minimum atomic E-state index is -0.185. The van der Waals surface area contributed by atoms with Crippen LogP contribution >= 0.6 is 11.3 Å². The Bertz CT molecular complexity index is 1010. The average molecular weight is 390 g/mol. The molecule has 0 spiro atoms. The number of rotatable bonds is 5. The molecule has 0 fully saturated rings. The van der Waals surface area contributed by atoms with Gasteiger partial charge in [0.15, 0.2) is 0 Å². The summed E-state index contributed by atoms with van der Waals surface area (Å²) in [7, 11) is 0. The first-order valence-electron chi connectivity index (χ1n) is 9.27. The minimum Gasteiger partial charge on any atom is -0.344 e. The zero-order valence-electron chi connectivity index (χ0n) is 16.5. The highest BCUT2D eigenvalue weighted by Gasteiger charge is 2.22. The van der Waals surface area contributed by atoms with Crippen molar-refractivity contribution in [3.05, 3.63) is 75.9 Å². The molecule has 1 unspecified atom stereocenters. The van der Waals surface area contributed by atoms with Gasteiger partial charge in [-0.1, -0.05) is 55.8 Å². The van der Waals surface area contributed by atoms with Crippen LogP contribution in [0.2, 0.25) is 0 Å². The first kappa shape index (κ1) is 19.8. The Morgan fingerprint density at radius 2 is 1.71 bits per heavy atom. The van der Waals surface area contributed by atoms with Crippen LogP contribution in [0.4, 0.5) is 0 Å².